The molecule has 1 heterocycles. The monoisotopic (exact) mass is 365 g/mol. The Hall–Kier alpha value is -2.22. The molecule has 0 fully saturated rings. The van der Waals surface area contributed by atoms with E-state index < -0.39 is 0 Å². The van der Waals surface area contributed by atoms with E-state index in [0.29, 0.717) is 12.4 Å². The Bertz CT molecular complexity index is 654. The average molecular weight is 366 g/mol. The third kappa shape index (κ3) is 5.28. The van der Waals surface area contributed by atoms with Gasteiger partial charge >= 0.3 is 0 Å². The average Bonchev–Trinajstić information content (AvgIpc) is 2.87. The first kappa shape index (κ1) is 16.2. The first-order valence-corrected chi connectivity index (χ1v) is 7.51. The van der Waals surface area contributed by atoms with Gasteiger partial charge in [0.1, 0.15) is 6.54 Å². The molecule has 2 aromatic rings. The van der Waals surface area contributed by atoms with Crippen molar-refractivity contribution >= 4 is 33.6 Å². The highest BCUT2D eigenvalue weighted by molar-refractivity contribution is 9.10. The minimum atomic E-state index is -0.231. The molecule has 1 aromatic heterocycles. The van der Waals surface area contributed by atoms with Crippen LogP contribution in [0.4, 0.5) is 5.82 Å². The third-order valence-corrected chi connectivity index (χ3v) is 3.33. The second kappa shape index (κ2) is 7.69. The lowest BCUT2D eigenvalue weighted by Gasteiger charge is -2.05. The van der Waals surface area contributed by atoms with E-state index in [2.05, 4.69) is 36.9 Å². The number of hydrogen-bond donors (Lipinski definition) is 2. The fourth-order valence-electron chi connectivity index (χ4n) is 1.81. The molecule has 0 saturated heterocycles. The van der Waals surface area contributed by atoms with Gasteiger partial charge in [-0.1, -0.05) is 33.3 Å². The van der Waals surface area contributed by atoms with Crippen LogP contribution in [0.5, 0.6) is 0 Å². The van der Waals surface area contributed by atoms with Crippen molar-refractivity contribution in [1.82, 2.24) is 20.3 Å². The van der Waals surface area contributed by atoms with Crippen LogP contribution >= 0.6 is 15.9 Å². The summed E-state index contributed by atoms with van der Waals surface area (Å²) in [6, 6.07) is 7.95. The Morgan fingerprint density at radius 2 is 2.00 bits per heavy atom. The van der Waals surface area contributed by atoms with E-state index in [-0.39, 0.29) is 18.4 Å². The molecule has 1 aromatic carbocycles. The van der Waals surface area contributed by atoms with Gasteiger partial charge < -0.3 is 10.6 Å². The van der Waals surface area contributed by atoms with E-state index in [9.17, 15) is 9.59 Å². The summed E-state index contributed by atoms with van der Waals surface area (Å²) in [5.41, 5.74) is 1.15. The van der Waals surface area contributed by atoms with Crippen LogP contribution in [0, 0.1) is 0 Å². The van der Waals surface area contributed by atoms with Gasteiger partial charge in [-0.25, -0.2) is 4.68 Å². The van der Waals surface area contributed by atoms with Crippen LogP contribution in [0.3, 0.4) is 0 Å². The molecule has 7 nitrogen and oxygen atoms in total. The Morgan fingerprint density at radius 3 is 2.68 bits per heavy atom. The van der Waals surface area contributed by atoms with E-state index in [1.54, 1.807) is 0 Å². The second-order valence-electron chi connectivity index (χ2n) is 4.71. The molecule has 0 saturated carbocycles. The molecule has 0 unspecified atom stereocenters. The molecule has 22 heavy (non-hydrogen) atoms. The maximum absolute atomic E-state index is 11.8. The van der Waals surface area contributed by atoms with Crippen molar-refractivity contribution in [2.45, 2.75) is 19.9 Å². The van der Waals surface area contributed by atoms with Gasteiger partial charge in [0, 0.05) is 17.9 Å². The van der Waals surface area contributed by atoms with Crippen LogP contribution in [-0.4, -0.2) is 33.4 Å². The van der Waals surface area contributed by atoms with Gasteiger partial charge in [-0.3, -0.25) is 9.59 Å². The van der Waals surface area contributed by atoms with Gasteiger partial charge in [0.15, 0.2) is 5.82 Å². The number of hydrogen-bond acceptors (Lipinski definition) is 4. The van der Waals surface area contributed by atoms with Gasteiger partial charge in [-0.2, -0.15) is 0 Å². The molecule has 0 radical (unpaired) electrons. The number of aromatic nitrogens is 3. The molecule has 0 aliphatic rings. The molecule has 0 atom stereocenters. The van der Waals surface area contributed by atoms with Crippen LogP contribution in [0.25, 0.3) is 0 Å². The summed E-state index contributed by atoms with van der Waals surface area (Å²) in [4.78, 5) is 22.7. The summed E-state index contributed by atoms with van der Waals surface area (Å²) in [5, 5.41) is 12.8. The van der Waals surface area contributed by atoms with E-state index in [1.807, 2.05) is 24.3 Å². The fourth-order valence-corrected chi connectivity index (χ4v) is 2.08. The van der Waals surface area contributed by atoms with Crippen molar-refractivity contribution in [3.05, 3.63) is 40.5 Å². The fraction of sp³-hybridized carbons (Fsp3) is 0.286. The normalized spacial score (nSPS) is 10.3. The predicted octanol–water partition coefficient (Wildman–Crippen LogP) is 1.36. The first-order valence-electron chi connectivity index (χ1n) is 6.72. The van der Waals surface area contributed by atoms with Gasteiger partial charge in [0.05, 0.1) is 6.20 Å². The Morgan fingerprint density at radius 1 is 1.27 bits per heavy atom. The summed E-state index contributed by atoms with van der Waals surface area (Å²) in [6.45, 7) is 1.99. The first-order chi connectivity index (χ1) is 10.5. The van der Waals surface area contributed by atoms with Crippen molar-refractivity contribution in [3.63, 3.8) is 0 Å². The Kier molecular flexibility index (Phi) is 5.65. The van der Waals surface area contributed by atoms with Crippen LogP contribution in [0.1, 0.15) is 12.5 Å². The van der Waals surface area contributed by atoms with Crippen molar-refractivity contribution < 1.29 is 9.59 Å². The smallest absolute Gasteiger partial charge is 0.241 e. The van der Waals surface area contributed by atoms with Crippen molar-refractivity contribution in [3.8, 4) is 0 Å². The van der Waals surface area contributed by atoms with E-state index >= 15 is 0 Å². The minimum Gasteiger partial charge on any atom is -0.354 e. The number of halogens is 1. The zero-order valence-corrected chi connectivity index (χ0v) is 13.6. The molecule has 0 aliphatic carbocycles. The highest BCUT2D eigenvalue weighted by atomic mass is 79.9. The topological polar surface area (TPSA) is 88.9 Å². The highest BCUT2D eigenvalue weighted by Crippen LogP contribution is 2.10. The standard InChI is InChI=1S/C14H16BrN5O2/c1-10(21)17-13-8-20(19-18-13)9-14(22)16-7-6-11-2-4-12(15)5-3-11/h2-5,8H,6-7,9H2,1H3,(H,16,22)(H,17,21). The zero-order valence-electron chi connectivity index (χ0n) is 12.0. The van der Waals surface area contributed by atoms with E-state index in [1.165, 1.54) is 17.8 Å². The lowest BCUT2D eigenvalue weighted by molar-refractivity contribution is -0.121. The highest BCUT2D eigenvalue weighted by Gasteiger charge is 2.06. The number of anilines is 1. The predicted molar refractivity (Wildman–Crippen MR) is 85.2 cm³/mol. The lowest BCUT2D eigenvalue weighted by Crippen LogP contribution is -2.29. The molecule has 0 bridgehead atoms. The maximum Gasteiger partial charge on any atom is 0.241 e. The summed E-state index contributed by atoms with van der Waals surface area (Å²) in [7, 11) is 0. The quantitative estimate of drug-likeness (QED) is 0.808. The summed E-state index contributed by atoms with van der Waals surface area (Å²) in [5.74, 6) is -0.0578. The van der Waals surface area contributed by atoms with E-state index in [0.717, 1.165) is 16.5 Å². The van der Waals surface area contributed by atoms with Gasteiger partial charge in [-0.05, 0) is 24.1 Å². The maximum atomic E-state index is 11.8. The molecular weight excluding hydrogens is 350 g/mol. The number of nitrogens with one attached hydrogen (secondary N) is 2. The summed E-state index contributed by atoms with van der Waals surface area (Å²) in [6.07, 6.45) is 2.27. The molecular formula is C14H16BrN5O2. The van der Waals surface area contributed by atoms with Gasteiger partial charge in [0.25, 0.3) is 0 Å². The Balaban J connectivity index is 1.74. The number of benzene rings is 1. The molecule has 116 valence electrons. The second-order valence-corrected chi connectivity index (χ2v) is 5.62. The van der Waals surface area contributed by atoms with Gasteiger partial charge in [0.2, 0.25) is 11.8 Å². The number of carbonyl (C=O) groups excluding carboxylic acids is 2. The summed E-state index contributed by atoms with van der Waals surface area (Å²) >= 11 is 3.38. The molecule has 2 N–H and O–H groups in total. The molecule has 2 rings (SSSR count). The number of carbonyl (C=O) groups is 2. The van der Waals surface area contributed by atoms with Crippen LogP contribution in [0.2, 0.25) is 0 Å². The molecule has 0 aliphatic heterocycles. The minimum absolute atomic E-state index is 0.0624. The number of rotatable bonds is 6. The van der Waals surface area contributed by atoms with E-state index in [4.69, 9.17) is 0 Å². The SMILES string of the molecule is CC(=O)Nc1cn(CC(=O)NCCc2ccc(Br)cc2)nn1. The lowest BCUT2D eigenvalue weighted by atomic mass is 10.1. The Labute approximate surface area is 136 Å². The zero-order chi connectivity index (χ0) is 15.9. The van der Waals surface area contributed by atoms with Crippen molar-refractivity contribution in [2.75, 3.05) is 11.9 Å². The molecule has 2 amide bonds. The van der Waals surface area contributed by atoms with Gasteiger partial charge in [-0.15, -0.1) is 5.10 Å². The van der Waals surface area contributed by atoms with Crippen LogP contribution in [-0.2, 0) is 22.6 Å². The third-order valence-electron chi connectivity index (χ3n) is 2.80. The number of amides is 2. The largest absolute Gasteiger partial charge is 0.354 e. The number of nitrogens with zero attached hydrogens (tertiary/aromatic N) is 3. The van der Waals surface area contributed by atoms with Crippen LogP contribution < -0.4 is 10.6 Å². The molecule has 0 spiro atoms. The van der Waals surface area contributed by atoms with Crippen molar-refractivity contribution in [2.24, 2.45) is 0 Å². The van der Waals surface area contributed by atoms with Crippen LogP contribution in [0.15, 0.2) is 34.9 Å². The summed E-state index contributed by atoms with van der Waals surface area (Å²) < 4.78 is 2.40. The van der Waals surface area contributed by atoms with Crippen molar-refractivity contribution in [1.29, 1.82) is 0 Å². The molecule has 8 heteroatoms.